The average Bonchev–Trinajstić information content (AvgIpc) is 2.86. The summed E-state index contributed by atoms with van der Waals surface area (Å²) in [5.74, 6) is 0. The van der Waals surface area contributed by atoms with Crippen molar-refractivity contribution in [1.29, 1.82) is 0 Å². The topological polar surface area (TPSA) is 72.8 Å². The zero-order chi connectivity index (χ0) is 13.7. The fourth-order valence-electron chi connectivity index (χ4n) is 1.57. The van der Waals surface area contributed by atoms with E-state index in [9.17, 15) is 0 Å². The van der Waals surface area contributed by atoms with Gasteiger partial charge in [0.1, 0.15) is 10.0 Å². The first-order valence-corrected chi connectivity index (χ1v) is 6.85. The van der Waals surface area contributed by atoms with E-state index in [1.807, 2.05) is 19.9 Å². The number of rotatable bonds is 6. The molecule has 2 aromatic heterocycles. The largest absolute Gasteiger partial charge is 0.383 e. The van der Waals surface area contributed by atoms with Gasteiger partial charge in [0.05, 0.1) is 18.0 Å². The fourth-order valence-corrected chi connectivity index (χ4v) is 2.45. The molecule has 0 aromatic carbocycles. The highest BCUT2D eigenvalue weighted by Gasteiger charge is 2.10. The summed E-state index contributed by atoms with van der Waals surface area (Å²) >= 11 is 1.57. The van der Waals surface area contributed by atoms with E-state index in [1.165, 1.54) is 0 Å². The molecule has 0 aliphatic rings. The summed E-state index contributed by atoms with van der Waals surface area (Å²) in [5.41, 5.74) is 2.77. The summed E-state index contributed by atoms with van der Waals surface area (Å²) < 4.78 is 4.97. The molecule has 0 aliphatic heterocycles. The summed E-state index contributed by atoms with van der Waals surface area (Å²) in [5, 5.41) is 21.6. The summed E-state index contributed by atoms with van der Waals surface area (Å²) in [7, 11) is 1.69. The van der Waals surface area contributed by atoms with E-state index in [0.29, 0.717) is 13.2 Å². The third-order valence-corrected chi connectivity index (χ3v) is 3.51. The maximum atomic E-state index is 4.97. The van der Waals surface area contributed by atoms with Crippen LogP contribution in [0.3, 0.4) is 0 Å². The van der Waals surface area contributed by atoms with Crippen LogP contribution >= 0.6 is 11.3 Å². The quantitative estimate of drug-likeness (QED) is 0.805. The van der Waals surface area contributed by atoms with E-state index in [4.69, 9.17) is 4.74 Å². The molecule has 6 nitrogen and oxygen atoms in total. The van der Waals surface area contributed by atoms with E-state index >= 15 is 0 Å². The van der Waals surface area contributed by atoms with Crippen LogP contribution in [0.4, 0.5) is 0 Å². The van der Waals surface area contributed by atoms with Crippen molar-refractivity contribution in [2.45, 2.75) is 20.4 Å². The van der Waals surface area contributed by atoms with Crippen LogP contribution in [0.15, 0.2) is 6.07 Å². The van der Waals surface area contributed by atoms with Gasteiger partial charge in [0.15, 0.2) is 0 Å². The number of hydrogen-bond donors (Lipinski definition) is 1. The van der Waals surface area contributed by atoms with Crippen molar-refractivity contribution in [3.05, 3.63) is 22.5 Å². The molecule has 0 unspecified atom stereocenters. The van der Waals surface area contributed by atoms with Gasteiger partial charge in [0, 0.05) is 25.8 Å². The Morgan fingerprint density at radius 3 is 2.84 bits per heavy atom. The Hall–Kier alpha value is -1.44. The molecule has 102 valence electrons. The van der Waals surface area contributed by atoms with Crippen molar-refractivity contribution in [1.82, 2.24) is 25.7 Å². The highest BCUT2D eigenvalue weighted by Crippen LogP contribution is 2.25. The molecule has 1 N–H and O–H groups in total. The summed E-state index contributed by atoms with van der Waals surface area (Å²) in [6.07, 6.45) is 0. The molecule has 0 fully saturated rings. The maximum absolute atomic E-state index is 4.97. The molecule has 7 heteroatoms. The standard InChI is InChI=1S/C12H17N5OS/c1-8-6-10(9(2)15-14-8)12-17-16-11(19-12)7-13-4-5-18-3/h6,13H,4-5,7H2,1-3H3. The number of ether oxygens (including phenoxy) is 1. The Morgan fingerprint density at radius 1 is 1.21 bits per heavy atom. The molecular formula is C12H17N5OS. The number of nitrogens with zero attached hydrogens (tertiary/aromatic N) is 4. The maximum Gasteiger partial charge on any atom is 0.149 e. The highest BCUT2D eigenvalue weighted by molar-refractivity contribution is 7.14. The lowest BCUT2D eigenvalue weighted by atomic mass is 10.2. The molecule has 0 aliphatic carbocycles. The molecule has 0 spiro atoms. The monoisotopic (exact) mass is 279 g/mol. The van der Waals surface area contributed by atoms with Gasteiger partial charge in [-0.1, -0.05) is 11.3 Å². The molecular weight excluding hydrogens is 262 g/mol. The average molecular weight is 279 g/mol. The van der Waals surface area contributed by atoms with Crippen LogP contribution < -0.4 is 5.32 Å². The lowest BCUT2D eigenvalue weighted by molar-refractivity contribution is 0.199. The van der Waals surface area contributed by atoms with Gasteiger partial charge in [-0.3, -0.25) is 0 Å². The van der Waals surface area contributed by atoms with Gasteiger partial charge in [-0.15, -0.1) is 10.2 Å². The van der Waals surface area contributed by atoms with Crippen molar-refractivity contribution in [2.24, 2.45) is 0 Å². The van der Waals surface area contributed by atoms with Crippen molar-refractivity contribution >= 4 is 11.3 Å². The van der Waals surface area contributed by atoms with Crippen LogP contribution in [-0.4, -0.2) is 40.7 Å². The van der Waals surface area contributed by atoms with Crippen molar-refractivity contribution in [3.8, 4) is 10.6 Å². The number of hydrogen-bond acceptors (Lipinski definition) is 7. The highest BCUT2D eigenvalue weighted by atomic mass is 32.1. The number of aryl methyl sites for hydroxylation is 2. The SMILES string of the molecule is COCCNCc1nnc(-c2cc(C)nnc2C)s1. The zero-order valence-corrected chi connectivity index (χ0v) is 12.1. The van der Waals surface area contributed by atoms with Crippen molar-refractivity contribution in [2.75, 3.05) is 20.3 Å². The smallest absolute Gasteiger partial charge is 0.149 e. The number of methoxy groups -OCH3 is 1. The first kappa shape index (κ1) is 14.0. The normalized spacial score (nSPS) is 10.9. The molecule has 0 bridgehead atoms. The molecule has 0 amide bonds. The third kappa shape index (κ3) is 3.76. The van der Waals surface area contributed by atoms with Gasteiger partial charge in [0.2, 0.25) is 0 Å². The second-order valence-electron chi connectivity index (χ2n) is 4.16. The molecule has 2 rings (SSSR count). The first-order chi connectivity index (χ1) is 9.20. The van der Waals surface area contributed by atoms with Crippen molar-refractivity contribution < 1.29 is 4.74 Å². The molecule has 19 heavy (non-hydrogen) atoms. The van der Waals surface area contributed by atoms with E-state index in [0.717, 1.165) is 33.5 Å². The summed E-state index contributed by atoms with van der Waals surface area (Å²) in [6, 6.07) is 1.99. The lowest BCUT2D eigenvalue weighted by Gasteiger charge is -2.00. The van der Waals surface area contributed by atoms with Crippen LogP contribution in [0.5, 0.6) is 0 Å². The Morgan fingerprint density at radius 2 is 2.05 bits per heavy atom. The van der Waals surface area contributed by atoms with Crippen LogP contribution in [0, 0.1) is 13.8 Å². The van der Waals surface area contributed by atoms with E-state index in [1.54, 1.807) is 18.4 Å². The zero-order valence-electron chi connectivity index (χ0n) is 11.3. The van der Waals surface area contributed by atoms with Crippen LogP contribution in [0.1, 0.15) is 16.4 Å². The molecule has 0 saturated carbocycles. The van der Waals surface area contributed by atoms with Crippen molar-refractivity contribution in [3.63, 3.8) is 0 Å². The lowest BCUT2D eigenvalue weighted by Crippen LogP contribution is -2.18. The predicted octanol–water partition coefficient (Wildman–Crippen LogP) is 1.35. The fraction of sp³-hybridized carbons (Fsp3) is 0.500. The molecule has 0 radical (unpaired) electrons. The second kappa shape index (κ2) is 6.65. The summed E-state index contributed by atoms with van der Waals surface area (Å²) in [6.45, 7) is 6.06. The Kier molecular flexibility index (Phi) is 4.89. The predicted molar refractivity (Wildman–Crippen MR) is 74.0 cm³/mol. The minimum absolute atomic E-state index is 0.693. The van der Waals surface area contributed by atoms with Gasteiger partial charge < -0.3 is 10.1 Å². The number of aromatic nitrogens is 4. The van der Waals surface area contributed by atoms with Crippen LogP contribution in [0.2, 0.25) is 0 Å². The van der Waals surface area contributed by atoms with E-state index in [2.05, 4.69) is 25.7 Å². The first-order valence-electron chi connectivity index (χ1n) is 6.04. The van der Waals surface area contributed by atoms with Gasteiger partial charge in [-0.25, -0.2) is 0 Å². The molecule has 0 atom stereocenters. The minimum Gasteiger partial charge on any atom is -0.383 e. The summed E-state index contributed by atoms with van der Waals surface area (Å²) in [4.78, 5) is 0. The van der Waals surface area contributed by atoms with Gasteiger partial charge in [-0.2, -0.15) is 10.2 Å². The Labute approximate surface area is 116 Å². The number of nitrogens with one attached hydrogen (secondary N) is 1. The Bertz CT molecular complexity index is 543. The van der Waals surface area contributed by atoms with E-state index in [-0.39, 0.29) is 0 Å². The molecule has 2 heterocycles. The molecule has 0 saturated heterocycles. The minimum atomic E-state index is 0.693. The second-order valence-corrected chi connectivity index (χ2v) is 5.22. The van der Waals surface area contributed by atoms with Crippen LogP contribution in [-0.2, 0) is 11.3 Å². The van der Waals surface area contributed by atoms with Crippen LogP contribution in [0.25, 0.3) is 10.6 Å². The van der Waals surface area contributed by atoms with Gasteiger partial charge in [0.25, 0.3) is 0 Å². The molecule has 2 aromatic rings. The van der Waals surface area contributed by atoms with Gasteiger partial charge in [-0.05, 0) is 19.9 Å². The third-order valence-electron chi connectivity index (χ3n) is 2.56. The Balaban J connectivity index is 2.06. The van der Waals surface area contributed by atoms with E-state index < -0.39 is 0 Å². The van der Waals surface area contributed by atoms with Gasteiger partial charge >= 0.3 is 0 Å².